The van der Waals surface area contributed by atoms with Gasteiger partial charge in [-0.1, -0.05) is 62.7 Å². The van der Waals surface area contributed by atoms with Gasteiger partial charge in [0, 0.05) is 12.3 Å². The zero-order valence-corrected chi connectivity index (χ0v) is 29.5. The van der Waals surface area contributed by atoms with E-state index in [2.05, 4.69) is 26.0 Å². The van der Waals surface area contributed by atoms with E-state index < -0.39 is 46.0 Å². The maximum atomic E-state index is 14.9. The number of esters is 3. The molecular weight excluding hydrogens is 604 g/mol. The van der Waals surface area contributed by atoms with E-state index in [9.17, 15) is 19.5 Å². The SMILES string of the molecule is CCC1CC(C(C)(C(=O)OC2CCOC2=O)C(C)(C)C(=O)OC23CC4CC(CC(C4)C2CC)C3)CC(O)(c2cccc3ccccc23)C1. The predicted molar refractivity (Wildman–Crippen MR) is 182 cm³/mol. The van der Waals surface area contributed by atoms with Gasteiger partial charge in [-0.2, -0.15) is 0 Å². The third-order valence-corrected chi connectivity index (χ3v) is 14.1. The van der Waals surface area contributed by atoms with Gasteiger partial charge >= 0.3 is 17.9 Å². The van der Waals surface area contributed by atoms with Crippen LogP contribution in [0.3, 0.4) is 0 Å². The van der Waals surface area contributed by atoms with Crippen LogP contribution in [-0.4, -0.2) is 41.3 Å². The van der Waals surface area contributed by atoms with E-state index >= 15 is 0 Å². The second-order valence-electron chi connectivity index (χ2n) is 16.9. The van der Waals surface area contributed by atoms with Gasteiger partial charge in [0.15, 0.2) is 0 Å². The summed E-state index contributed by atoms with van der Waals surface area (Å²) in [4.78, 5) is 42.2. The number of benzene rings is 2. The van der Waals surface area contributed by atoms with Gasteiger partial charge < -0.3 is 19.3 Å². The topological polar surface area (TPSA) is 99.1 Å². The summed E-state index contributed by atoms with van der Waals surface area (Å²) in [6.07, 6.45) is 8.06. The molecule has 8 atom stereocenters. The van der Waals surface area contributed by atoms with Gasteiger partial charge in [-0.15, -0.1) is 0 Å². The van der Waals surface area contributed by atoms with Crippen LogP contribution in [0.2, 0.25) is 0 Å². The van der Waals surface area contributed by atoms with Crippen LogP contribution in [0.1, 0.15) is 111 Å². The lowest BCUT2D eigenvalue weighted by Crippen LogP contribution is -2.62. The number of rotatable bonds is 9. The monoisotopic (exact) mass is 658 g/mol. The number of aliphatic hydroxyl groups is 1. The highest BCUT2D eigenvalue weighted by Crippen LogP contribution is 2.63. The van der Waals surface area contributed by atoms with E-state index in [1.165, 1.54) is 19.3 Å². The zero-order valence-electron chi connectivity index (χ0n) is 29.5. The van der Waals surface area contributed by atoms with Crippen molar-refractivity contribution in [3.05, 3.63) is 48.0 Å². The number of hydrogen-bond donors (Lipinski definition) is 1. The fourth-order valence-corrected chi connectivity index (χ4v) is 11.4. The van der Waals surface area contributed by atoms with Crippen molar-refractivity contribution in [2.75, 3.05) is 6.61 Å². The van der Waals surface area contributed by atoms with Gasteiger partial charge in [0.25, 0.3) is 0 Å². The highest BCUT2D eigenvalue weighted by molar-refractivity contribution is 5.90. The fourth-order valence-electron chi connectivity index (χ4n) is 11.4. The molecule has 1 saturated heterocycles. The maximum absolute atomic E-state index is 14.9. The first-order valence-electron chi connectivity index (χ1n) is 18.6. The molecule has 8 rings (SSSR count). The predicted octanol–water partition coefficient (Wildman–Crippen LogP) is 7.89. The number of carbonyl (C=O) groups is 3. The highest BCUT2D eigenvalue weighted by atomic mass is 16.6. The Morgan fingerprint density at radius 2 is 1.60 bits per heavy atom. The molecule has 0 radical (unpaired) electrons. The van der Waals surface area contributed by atoms with Crippen LogP contribution in [0.5, 0.6) is 0 Å². The summed E-state index contributed by atoms with van der Waals surface area (Å²) in [6.45, 7) is 10.0. The molecule has 260 valence electrons. The minimum absolute atomic E-state index is 0.107. The molecule has 5 saturated carbocycles. The van der Waals surface area contributed by atoms with Gasteiger partial charge in [-0.25, -0.2) is 4.79 Å². The van der Waals surface area contributed by atoms with E-state index in [0.717, 1.165) is 42.0 Å². The number of cyclic esters (lactones) is 1. The van der Waals surface area contributed by atoms with E-state index in [1.807, 2.05) is 51.1 Å². The molecule has 6 fully saturated rings. The zero-order chi connectivity index (χ0) is 34.1. The second kappa shape index (κ2) is 12.1. The molecule has 1 heterocycles. The second-order valence-corrected chi connectivity index (χ2v) is 16.9. The third-order valence-electron chi connectivity index (χ3n) is 14.1. The molecule has 4 bridgehead atoms. The normalized spacial score (nSPS) is 37.2. The lowest BCUT2D eigenvalue weighted by molar-refractivity contribution is -0.228. The molecule has 48 heavy (non-hydrogen) atoms. The highest BCUT2D eigenvalue weighted by Gasteiger charge is 2.64. The Morgan fingerprint density at radius 1 is 0.896 bits per heavy atom. The van der Waals surface area contributed by atoms with Crippen LogP contribution in [0.4, 0.5) is 0 Å². The maximum Gasteiger partial charge on any atom is 0.347 e. The molecule has 0 amide bonds. The number of fused-ring (bicyclic) bond motifs is 1. The average molecular weight is 659 g/mol. The van der Waals surface area contributed by atoms with E-state index in [0.29, 0.717) is 42.9 Å². The lowest BCUT2D eigenvalue weighted by Gasteiger charge is -2.61. The van der Waals surface area contributed by atoms with Crippen LogP contribution >= 0.6 is 0 Å². The Kier molecular flexibility index (Phi) is 8.49. The van der Waals surface area contributed by atoms with Crippen molar-refractivity contribution < 1.29 is 33.7 Å². The first-order valence-corrected chi connectivity index (χ1v) is 18.6. The quantitative estimate of drug-likeness (QED) is 0.216. The molecule has 0 aromatic heterocycles. The van der Waals surface area contributed by atoms with Crippen molar-refractivity contribution in [1.29, 1.82) is 0 Å². The summed E-state index contributed by atoms with van der Waals surface area (Å²) in [5.74, 6) is 0.259. The van der Waals surface area contributed by atoms with Gasteiger partial charge in [0.1, 0.15) is 5.60 Å². The lowest BCUT2D eigenvalue weighted by atomic mass is 9.49. The van der Waals surface area contributed by atoms with Crippen LogP contribution in [0.15, 0.2) is 42.5 Å². The van der Waals surface area contributed by atoms with Crippen molar-refractivity contribution in [3.8, 4) is 0 Å². The summed E-state index contributed by atoms with van der Waals surface area (Å²) in [6, 6.07) is 14.1. The smallest absolute Gasteiger partial charge is 0.347 e. The van der Waals surface area contributed by atoms with Gasteiger partial charge in [0.2, 0.25) is 6.10 Å². The molecule has 7 nitrogen and oxygen atoms in total. The van der Waals surface area contributed by atoms with Crippen molar-refractivity contribution in [1.82, 2.24) is 0 Å². The van der Waals surface area contributed by atoms with Crippen LogP contribution < -0.4 is 0 Å². The molecule has 0 spiro atoms. The molecule has 8 unspecified atom stereocenters. The van der Waals surface area contributed by atoms with Gasteiger partial charge in [-0.05, 0) is 124 Å². The summed E-state index contributed by atoms with van der Waals surface area (Å²) >= 11 is 0. The molecule has 2 aromatic rings. The molecule has 1 aliphatic heterocycles. The first-order chi connectivity index (χ1) is 22.8. The molecule has 6 aliphatic rings. The Morgan fingerprint density at radius 3 is 2.27 bits per heavy atom. The fraction of sp³-hybridized carbons (Fsp3) is 0.683. The molecule has 5 aliphatic carbocycles. The van der Waals surface area contributed by atoms with Gasteiger partial charge in [0.05, 0.1) is 23.0 Å². The summed E-state index contributed by atoms with van der Waals surface area (Å²) in [5, 5.41) is 14.8. The summed E-state index contributed by atoms with van der Waals surface area (Å²) in [5.41, 5.74) is -3.60. The standard InChI is InChI=1S/C41H54O7/c1-6-25-20-30(24-40(45,21-25)33-14-10-12-28-11-8-9-13-31(28)33)39(5,37(44)47-34-15-16-46-35(34)42)38(3,4)36(43)48-41-22-26-17-27(23-41)19-29(18-26)32(41)7-2/h8-14,25-27,29-30,32,34,45H,6-7,15-24H2,1-5H3. The Hall–Kier alpha value is -2.93. The van der Waals surface area contributed by atoms with E-state index in [-0.39, 0.29) is 24.9 Å². The van der Waals surface area contributed by atoms with Crippen molar-refractivity contribution in [2.24, 2.45) is 46.3 Å². The number of carbonyl (C=O) groups excluding carboxylic acids is 3. The molecule has 2 aromatic carbocycles. The first kappa shape index (κ1) is 33.6. The van der Waals surface area contributed by atoms with Crippen molar-refractivity contribution in [3.63, 3.8) is 0 Å². The number of ether oxygens (including phenoxy) is 3. The summed E-state index contributed by atoms with van der Waals surface area (Å²) < 4.78 is 18.0. The largest absolute Gasteiger partial charge is 0.463 e. The van der Waals surface area contributed by atoms with E-state index in [4.69, 9.17) is 14.2 Å². The van der Waals surface area contributed by atoms with E-state index in [1.54, 1.807) is 0 Å². The van der Waals surface area contributed by atoms with Gasteiger partial charge in [-0.3, -0.25) is 9.59 Å². The third kappa shape index (κ3) is 5.29. The molecule has 7 heteroatoms. The van der Waals surface area contributed by atoms with Crippen LogP contribution in [0.25, 0.3) is 10.8 Å². The summed E-state index contributed by atoms with van der Waals surface area (Å²) in [7, 11) is 0. The van der Waals surface area contributed by atoms with Crippen molar-refractivity contribution >= 4 is 28.7 Å². The van der Waals surface area contributed by atoms with Crippen LogP contribution in [-0.2, 0) is 34.2 Å². The molecular formula is C41H54O7. The Bertz CT molecular complexity index is 1560. The Balaban J connectivity index is 1.28. The molecule has 1 N–H and O–H groups in total. The minimum atomic E-state index is -1.40. The van der Waals surface area contributed by atoms with Crippen molar-refractivity contribution in [2.45, 2.75) is 123 Å². The minimum Gasteiger partial charge on any atom is -0.463 e. The average Bonchev–Trinajstić information content (AvgIpc) is 3.46. The van der Waals surface area contributed by atoms with Crippen LogP contribution in [0, 0.1) is 46.3 Å². The Labute approximate surface area is 285 Å². The number of hydrogen-bond acceptors (Lipinski definition) is 7.